The summed E-state index contributed by atoms with van der Waals surface area (Å²) in [5.41, 5.74) is 4.61. The van der Waals surface area contributed by atoms with Gasteiger partial charge >= 0.3 is 0 Å². The van der Waals surface area contributed by atoms with Crippen molar-refractivity contribution < 1.29 is 0 Å². The maximum absolute atomic E-state index is 4.77. The molecule has 0 bridgehead atoms. The first kappa shape index (κ1) is 12.0. The molecule has 0 spiro atoms. The minimum absolute atomic E-state index is 0.794. The normalized spacial score (nSPS) is 11.3. The molecule has 2 N–H and O–H groups in total. The van der Waals surface area contributed by atoms with E-state index in [0.717, 1.165) is 29.1 Å². The Morgan fingerprint density at radius 3 is 2.89 bits per heavy atom. The number of aromatic nitrogens is 3. The van der Waals surface area contributed by atoms with E-state index in [1.165, 1.54) is 11.1 Å². The third kappa shape index (κ3) is 1.85. The Morgan fingerprint density at radius 1 is 1.32 bits per heavy atom. The van der Waals surface area contributed by atoms with Gasteiger partial charge in [-0.05, 0) is 20.0 Å². The van der Waals surface area contributed by atoms with Gasteiger partial charge in [-0.3, -0.25) is 0 Å². The molecule has 98 valence electrons. The largest absolute Gasteiger partial charge is 0.360 e. The Balaban J connectivity index is 2.19. The number of nitrogens with one attached hydrogen (secondary N) is 2. The summed E-state index contributed by atoms with van der Waals surface area (Å²) in [6.45, 7) is 2.90. The van der Waals surface area contributed by atoms with Crippen LogP contribution in [0.25, 0.3) is 22.3 Å². The summed E-state index contributed by atoms with van der Waals surface area (Å²) >= 11 is 0. The first-order valence-corrected chi connectivity index (χ1v) is 6.45. The highest BCUT2D eigenvalue weighted by molar-refractivity contribution is 5.93. The van der Waals surface area contributed by atoms with Crippen molar-refractivity contribution in [2.75, 3.05) is 7.05 Å². The molecule has 0 aliphatic heterocycles. The minimum atomic E-state index is 0.794. The van der Waals surface area contributed by atoms with Gasteiger partial charge in [0.1, 0.15) is 5.82 Å². The van der Waals surface area contributed by atoms with Crippen LogP contribution in [0.2, 0.25) is 0 Å². The maximum atomic E-state index is 4.77. The van der Waals surface area contributed by atoms with Crippen LogP contribution < -0.4 is 5.32 Å². The van der Waals surface area contributed by atoms with E-state index in [-0.39, 0.29) is 0 Å². The molecule has 0 saturated heterocycles. The predicted molar refractivity (Wildman–Crippen MR) is 78.0 cm³/mol. The lowest BCUT2D eigenvalue weighted by Crippen LogP contribution is -2.07. The number of fused-ring (bicyclic) bond motifs is 1. The Morgan fingerprint density at radius 2 is 2.11 bits per heavy atom. The fourth-order valence-electron chi connectivity index (χ4n) is 2.47. The Hall–Kier alpha value is -2.07. The summed E-state index contributed by atoms with van der Waals surface area (Å²) in [6.07, 6.45) is 2.04. The zero-order chi connectivity index (χ0) is 13.4. The molecule has 0 unspecified atom stereocenters. The lowest BCUT2D eigenvalue weighted by Gasteiger charge is -2.01. The van der Waals surface area contributed by atoms with Crippen LogP contribution in [0.1, 0.15) is 11.4 Å². The van der Waals surface area contributed by atoms with Gasteiger partial charge in [-0.1, -0.05) is 18.2 Å². The summed E-state index contributed by atoms with van der Waals surface area (Å²) in [4.78, 5) is 8.08. The number of imidazole rings is 1. The molecule has 0 saturated carbocycles. The second kappa shape index (κ2) is 4.55. The first-order valence-electron chi connectivity index (χ1n) is 6.45. The monoisotopic (exact) mass is 254 g/mol. The Labute approximate surface area is 112 Å². The van der Waals surface area contributed by atoms with Crippen molar-refractivity contribution in [2.24, 2.45) is 7.05 Å². The second-order valence-electron chi connectivity index (χ2n) is 4.80. The Bertz CT molecular complexity index is 721. The van der Waals surface area contributed by atoms with Gasteiger partial charge in [0.05, 0.1) is 5.69 Å². The van der Waals surface area contributed by atoms with Gasteiger partial charge in [0.25, 0.3) is 0 Å². The van der Waals surface area contributed by atoms with Crippen molar-refractivity contribution in [3.63, 3.8) is 0 Å². The molecule has 4 heteroatoms. The highest BCUT2D eigenvalue weighted by Gasteiger charge is 2.15. The van der Waals surface area contributed by atoms with E-state index >= 15 is 0 Å². The van der Waals surface area contributed by atoms with E-state index < -0.39 is 0 Å². The highest BCUT2D eigenvalue weighted by Crippen LogP contribution is 2.28. The lowest BCUT2D eigenvalue weighted by molar-refractivity contribution is 0.783. The summed E-state index contributed by atoms with van der Waals surface area (Å²) in [5, 5.41) is 4.38. The average Bonchev–Trinajstić information content (AvgIpc) is 2.96. The number of aromatic amines is 1. The minimum Gasteiger partial charge on any atom is -0.360 e. The van der Waals surface area contributed by atoms with E-state index in [2.05, 4.69) is 47.0 Å². The molecule has 0 amide bonds. The number of H-pyrrole nitrogens is 1. The van der Waals surface area contributed by atoms with Gasteiger partial charge in [-0.25, -0.2) is 4.98 Å². The van der Waals surface area contributed by atoms with Gasteiger partial charge in [0.15, 0.2) is 0 Å². The van der Waals surface area contributed by atoms with E-state index in [0.29, 0.717) is 0 Å². The molecule has 0 fully saturated rings. The smallest absolute Gasteiger partial charge is 0.142 e. The van der Waals surface area contributed by atoms with Crippen molar-refractivity contribution in [3.05, 3.63) is 41.9 Å². The van der Waals surface area contributed by atoms with Crippen LogP contribution in [0.4, 0.5) is 0 Å². The Kier molecular flexibility index (Phi) is 2.87. The predicted octanol–water partition coefficient (Wildman–Crippen LogP) is 2.60. The number of nitrogens with zero attached hydrogens (tertiary/aromatic N) is 2. The SMILES string of the molecule is CNCc1nc(-c2c[nH]c3ccccc23)n(C)c1C. The molecule has 0 radical (unpaired) electrons. The molecule has 19 heavy (non-hydrogen) atoms. The van der Waals surface area contributed by atoms with Crippen molar-refractivity contribution in [3.8, 4) is 11.4 Å². The molecule has 2 aromatic heterocycles. The van der Waals surface area contributed by atoms with Gasteiger partial charge in [-0.15, -0.1) is 0 Å². The summed E-state index contributed by atoms with van der Waals surface area (Å²) in [6, 6.07) is 8.31. The molecular weight excluding hydrogens is 236 g/mol. The number of hydrogen-bond donors (Lipinski definition) is 2. The molecule has 2 heterocycles. The second-order valence-corrected chi connectivity index (χ2v) is 4.80. The summed E-state index contributed by atoms with van der Waals surface area (Å²) in [7, 11) is 4.01. The topological polar surface area (TPSA) is 45.6 Å². The summed E-state index contributed by atoms with van der Waals surface area (Å²) < 4.78 is 2.16. The van der Waals surface area contributed by atoms with Crippen molar-refractivity contribution in [2.45, 2.75) is 13.5 Å². The fourth-order valence-corrected chi connectivity index (χ4v) is 2.47. The molecular formula is C15H18N4. The first-order chi connectivity index (χ1) is 9.22. The van der Waals surface area contributed by atoms with E-state index in [4.69, 9.17) is 4.98 Å². The third-order valence-corrected chi connectivity index (χ3v) is 3.65. The van der Waals surface area contributed by atoms with E-state index in [9.17, 15) is 0 Å². The molecule has 1 aromatic carbocycles. The fraction of sp³-hybridized carbons (Fsp3) is 0.267. The number of rotatable bonds is 3. The van der Waals surface area contributed by atoms with Gasteiger partial charge in [0, 0.05) is 41.9 Å². The number of para-hydroxylation sites is 1. The highest BCUT2D eigenvalue weighted by atomic mass is 15.1. The molecule has 0 atom stereocenters. The van der Waals surface area contributed by atoms with E-state index in [1.807, 2.05) is 19.3 Å². The standard InChI is InChI=1S/C15H18N4/c1-10-14(9-16-2)18-15(19(10)3)12-8-17-13-7-5-4-6-11(12)13/h4-8,16-17H,9H2,1-3H3. The lowest BCUT2D eigenvalue weighted by atomic mass is 10.1. The van der Waals surface area contributed by atoms with Crippen LogP contribution in [0.5, 0.6) is 0 Å². The van der Waals surface area contributed by atoms with Crippen LogP contribution >= 0.6 is 0 Å². The molecule has 4 nitrogen and oxygen atoms in total. The van der Waals surface area contributed by atoms with E-state index in [1.54, 1.807) is 0 Å². The zero-order valence-electron chi connectivity index (χ0n) is 11.5. The molecule has 0 aliphatic rings. The summed E-state index contributed by atoms with van der Waals surface area (Å²) in [5.74, 6) is 1.01. The zero-order valence-corrected chi connectivity index (χ0v) is 11.5. The van der Waals surface area contributed by atoms with Crippen LogP contribution in [0.3, 0.4) is 0 Å². The van der Waals surface area contributed by atoms with Gasteiger partial charge in [-0.2, -0.15) is 0 Å². The van der Waals surface area contributed by atoms with Gasteiger partial charge < -0.3 is 14.9 Å². The van der Waals surface area contributed by atoms with Crippen LogP contribution in [-0.2, 0) is 13.6 Å². The maximum Gasteiger partial charge on any atom is 0.142 e. The van der Waals surface area contributed by atoms with Crippen LogP contribution in [-0.4, -0.2) is 21.6 Å². The van der Waals surface area contributed by atoms with Crippen molar-refractivity contribution in [1.29, 1.82) is 0 Å². The van der Waals surface area contributed by atoms with Crippen LogP contribution in [0.15, 0.2) is 30.5 Å². The molecule has 3 rings (SSSR count). The van der Waals surface area contributed by atoms with Crippen LogP contribution in [0, 0.1) is 6.92 Å². The molecule has 0 aliphatic carbocycles. The average molecular weight is 254 g/mol. The van der Waals surface area contributed by atoms with Crippen molar-refractivity contribution >= 4 is 10.9 Å². The third-order valence-electron chi connectivity index (χ3n) is 3.65. The van der Waals surface area contributed by atoms with Gasteiger partial charge in [0.2, 0.25) is 0 Å². The number of benzene rings is 1. The van der Waals surface area contributed by atoms with Crippen molar-refractivity contribution in [1.82, 2.24) is 19.9 Å². The quantitative estimate of drug-likeness (QED) is 0.754. The number of hydrogen-bond acceptors (Lipinski definition) is 2. The molecule has 3 aromatic rings.